The second-order valence-corrected chi connectivity index (χ2v) is 3.44. The molecule has 0 bridgehead atoms. The van der Waals surface area contributed by atoms with Crippen molar-refractivity contribution in [3.8, 4) is 11.5 Å². The van der Waals surface area contributed by atoms with E-state index in [2.05, 4.69) is 0 Å². The summed E-state index contributed by atoms with van der Waals surface area (Å²) in [6, 6.07) is 3.07. The SMILES string of the molecule is COc1cc(C(C)C(=O)O)c(C)cc1O. The fraction of sp³-hybridized carbons (Fsp3) is 0.364. The van der Waals surface area contributed by atoms with Crippen LogP contribution in [0.2, 0.25) is 0 Å². The molecule has 0 aliphatic heterocycles. The van der Waals surface area contributed by atoms with Crippen molar-refractivity contribution in [2.45, 2.75) is 19.8 Å². The molecule has 1 aromatic carbocycles. The van der Waals surface area contributed by atoms with E-state index in [4.69, 9.17) is 9.84 Å². The van der Waals surface area contributed by atoms with Gasteiger partial charge in [0.15, 0.2) is 11.5 Å². The molecule has 0 amide bonds. The van der Waals surface area contributed by atoms with Crippen molar-refractivity contribution in [2.75, 3.05) is 7.11 Å². The molecule has 82 valence electrons. The number of hydrogen-bond acceptors (Lipinski definition) is 3. The molecule has 1 unspecified atom stereocenters. The molecule has 0 radical (unpaired) electrons. The summed E-state index contributed by atoms with van der Waals surface area (Å²) >= 11 is 0. The van der Waals surface area contributed by atoms with E-state index in [0.717, 1.165) is 5.56 Å². The normalized spacial score (nSPS) is 12.2. The van der Waals surface area contributed by atoms with E-state index in [1.807, 2.05) is 0 Å². The number of benzene rings is 1. The van der Waals surface area contributed by atoms with Gasteiger partial charge in [-0.25, -0.2) is 0 Å². The number of carboxylic acid groups (broad SMARTS) is 1. The summed E-state index contributed by atoms with van der Waals surface area (Å²) in [4.78, 5) is 10.8. The Morgan fingerprint density at radius 1 is 1.47 bits per heavy atom. The van der Waals surface area contributed by atoms with Gasteiger partial charge in [-0.1, -0.05) is 0 Å². The smallest absolute Gasteiger partial charge is 0.310 e. The van der Waals surface area contributed by atoms with Crippen molar-refractivity contribution >= 4 is 5.97 Å². The van der Waals surface area contributed by atoms with Gasteiger partial charge in [-0.05, 0) is 37.1 Å². The van der Waals surface area contributed by atoms with Gasteiger partial charge in [-0.2, -0.15) is 0 Å². The lowest BCUT2D eigenvalue weighted by Gasteiger charge is -2.13. The van der Waals surface area contributed by atoms with Gasteiger partial charge in [0.05, 0.1) is 13.0 Å². The van der Waals surface area contributed by atoms with Crippen LogP contribution in [0.25, 0.3) is 0 Å². The number of aromatic hydroxyl groups is 1. The molecular formula is C11H14O4. The number of rotatable bonds is 3. The first-order chi connectivity index (χ1) is 6.97. The van der Waals surface area contributed by atoms with Crippen molar-refractivity contribution in [1.82, 2.24) is 0 Å². The molecule has 0 saturated heterocycles. The minimum Gasteiger partial charge on any atom is -0.504 e. The quantitative estimate of drug-likeness (QED) is 0.799. The maximum atomic E-state index is 10.8. The van der Waals surface area contributed by atoms with Gasteiger partial charge >= 0.3 is 5.97 Å². The zero-order valence-corrected chi connectivity index (χ0v) is 8.94. The predicted molar refractivity (Wildman–Crippen MR) is 55.4 cm³/mol. The fourth-order valence-corrected chi connectivity index (χ4v) is 1.45. The molecule has 0 aliphatic rings. The molecule has 1 aromatic rings. The van der Waals surface area contributed by atoms with Crippen LogP contribution < -0.4 is 4.74 Å². The van der Waals surface area contributed by atoms with Gasteiger partial charge in [0.1, 0.15) is 0 Å². The zero-order chi connectivity index (χ0) is 11.6. The summed E-state index contributed by atoms with van der Waals surface area (Å²) in [5.41, 5.74) is 1.39. The average molecular weight is 210 g/mol. The zero-order valence-electron chi connectivity index (χ0n) is 8.94. The minimum absolute atomic E-state index is 0.0244. The van der Waals surface area contributed by atoms with Crippen LogP contribution in [-0.2, 0) is 4.79 Å². The maximum Gasteiger partial charge on any atom is 0.310 e. The second-order valence-electron chi connectivity index (χ2n) is 3.44. The largest absolute Gasteiger partial charge is 0.504 e. The molecule has 1 atom stereocenters. The predicted octanol–water partition coefficient (Wildman–Crippen LogP) is 1.90. The Labute approximate surface area is 88.1 Å². The highest BCUT2D eigenvalue weighted by Crippen LogP contribution is 2.32. The highest BCUT2D eigenvalue weighted by molar-refractivity contribution is 5.76. The van der Waals surface area contributed by atoms with E-state index >= 15 is 0 Å². The lowest BCUT2D eigenvalue weighted by molar-refractivity contribution is -0.138. The van der Waals surface area contributed by atoms with E-state index in [-0.39, 0.29) is 5.75 Å². The van der Waals surface area contributed by atoms with Crippen LogP contribution in [0, 0.1) is 6.92 Å². The van der Waals surface area contributed by atoms with Crippen LogP contribution in [0.1, 0.15) is 24.0 Å². The van der Waals surface area contributed by atoms with Gasteiger partial charge in [0.25, 0.3) is 0 Å². The van der Waals surface area contributed by atoms with E-state index in [1.165, 1.54) is 13.2 Å². The number of aliphatic carboxylic acids is 1. The molecule has 4 nitrogen and oxygen atoms in total. The highest BCUT2D eigenvalue weighted by Gasteiger charge is 2.18. The Balaban J connectivity index is 3.24. The molecule has 0 heterocycles. The number of aryl methyl sites for hydroxylation is 1. The summed E-state index contributed by atoms with van der Waals surface area (Å²) in [5, 5.41) is 18.4. The first-order valence-electron chi connectivity index (χ1n) is 4.57. The van der Waals surface area contributed by atoms with Crippen molar-refractivity contribution < 1.29 is 19.7 Å². The molecule has 0 aromatic heterocycles. The molecule has 0 fully saturated rings. The van der Waals surface area contributed by atoms with Gasteiger partial charge in [0.2, 0.25) is 0 Å². The van der Waals surface area contributed by atoms with E-state index in [0.29, 0.717) is 11.3 Å². The van der Waals surface area contributed by atoms with Crippen LogP contribution in [0.4, 0.5) is 0 Å². The Hall–Kier alpha value is -1.71. The lowest BCUT2D eigenvalue weighted by atomic mass is 9.96. The Morgan fingerprint density at radius 3 is 2.53 bits per heavy atom. The minimum atomic E-state index is -0.897. The number of methoxy groups -OCH3 is 1. The monoisotopic (exact) mass is 210 g/mol. The van der Waals surface area contributed by atoms with E-state index in [1.54, 1.807) is 19.9 Å². The second kappa shape index (κ2) is 4.21. The average Bonchev–Trinajstić information content (AvgIpc) is 2.17. The Kier molecular flexibility index (Phi) is 3.19. The molecule has 0 aliphatic carbocycles. The molecule has 0 spiro atoms. The van der Waals surface area contributed by atoms with Crippen molar-refractivity contribution in [3.05, 3.63) is 23.3 Å². The molecule has 1 rings (SSSR count). The van der Waals surface area contributed by atoms with Crippen LogP contribution in [0.5, 0.6) is 11.5 Å². The van der Waals surface area contributed by atoms with Gasteiger partial charge in [-0.3, -0.25) is 4.79 Å². The molecule has 15 heavy (non-hydrogen) atoms. The van der Waals surface area contributed by atoms with Crippen molar-refractivity contribution in [3.63, 3.8) is 0 Å². The molecule has 2 N–H and O–H groups in total. The summed E-state index contributed by atoms with van der Waals surface area (Å²) in [6.07, 6.45) is 0. The first kappa shape index (κ1) is 11.4. The van der Waals surface area contributed by atoms with Crippen LogP contribution in [0.15, 0.2) is 12.1 Å². The van der Waals surface area contributed by atoms with Crippen LogP contribution >= 0.6 is 0 Å². The van der Waals surface area contributed by atoms with Crippen LogP contribution in [0.3, 0.4) is 0 Å². The standard InChI is InChI=1S/C11H14O4/c1-6-4-9(12)10(15-3)5-8(6)7(2)11(13)14/h4-5,7,12H,1-3H3,(H,13,14). The van der Waals surface area contributed by atoms with Gasteiger partial charge in [-0.15, -0.1) is 0 Å². The number of phenolic OH excluding ortho intramolecular Hbond substituents is 1. The summed E-state index contributed by atoms with van der Waals surface area (Å²) in [6.45, 7) is 3.36. The Bertz CT molecular complexity index is 384. The summed E-state index contributed by atoms with van der Waals surface area (Å²) in [7, 11) is 1.43. The van der Waals surface area contributed by atoms with Gasteiger partial charge < -0.3 is 14.9 Å². The number of carbonyl (C=O) groups is 1. The summed E-state index contributed by atoms with van der Waals surface area (Å²) in [5.74, 6) is -1.19. The Morgan fingerprint density at radius 2 is 2.07 bits per heavy atom. The van der Waals surface area contributed by atoms with E-state index < -0.39 is 11.9 Å². The molecule has 0 saturated carbocycles. The maximum absolute atomic E-state index is 10.8. The van der Waals surface area contributed by atoms with E-state index in [9.17, 15) is 9.90 Å². The van der Waals surface area contributed by atoms with Crippen molar-refractivity contribution in [2.24, 2.45) is 0 Å². The summed E-state index contributed by atoms with van der Waals surface area (Å²) < 4.78 is 4.93. The first-order valence-corrected chi connectivity index (χ1v) is 4.57. The highest BCUT2D eigenvalue weighted by atomic mass is 16.5. The fourth-order valence-electron chi connectivity index (χ4n) is 1.45. The number of phenols is 1. The molecular weight excluding hydrogens is 196 g/mol. The third-order valence-electron chi connectivity index (χ3n) is 2.40. The third kappa shape index (κ3) is 2.21. The number of hydrogen-bond donors (Lipinski definition) is 2. The van der Waals surface area contributed by atoms with Gasteiger partial charge in [0, 0.05) is 0 Å². The van der Waals surface area contributed by atoms with Crippen LogP contribution in [-0.4, -0.2) is 23.3 Å². The third-order valence-corrected chi connectivity index (χ3v) is 2.40. The topological polar surface area (TPSA) is 66.8 Å². The van der Waals surface area contributed by atoms with Crippen molar-refractivity contribution in [1.29, 1.82) is 0 Å². The number of carboxylic acids is 1. The number of ether oxygens (including phenoxy) is 1. The molecule has 4 heteroatoms. The lowest BCUT2D eigenvalue weighted by Crippen LogP contribution is -2.09.